The molecule has 1 aliphatic carbocycles. The number of ether oxygens (including phenoxy) is 2. The van der Waals surface area contributed by atoms with Gasteiger partial charge in [-0.3, -0.25) is 9.59 Å². The van der Waals surface area contributed by atoms with Gasteiger partial charge in [-0.05, 0) is 104 Å². The monoisotopic (exact) mass is 982 g/mol. The quantitative estimate of drug-likeness (QED) is 0.117. The molecule has 2 fully saturated rings. The van der Waals surface area contributed by atoms with Crippen molar-refractivity contribution >= 4 is 45.0 Å². The molecule has 0 bridgehead atoms. The molecular weight excluding hydrogens is 934 g/mol. The van der Waals surface area contributed by atoms with Crippen LogP contribution >= 0.6 is 23.2 Å². The molecular formula is C47H50Cl2F6N4O6S. The van der Waals surface area contributed by atoms with Crippen LogP contribution in [0.5, 0.6) is 0 Å². The molecule has 66 heavy (non-hydrogen) atoms. The number of carbonyl (C=O) groups is 2. The lowest BCUT2D eigenvalue weighted by atomic mass is 9.72. The number of piperidine rings is 1. The first-order valence-electron chi connectivity index (χ1n) is 21.5. The molecule has 19 heteroatoms. The molecule has 0 unspecified atom stereocenters. The third kappa shape index (κ3) is 10.7. The molecule has 1 spiro atoms. The molecule has 0 N–H and O–H groups in total. The first kappa shape index (κ1) is 49.7. The summed E-state index contributed by atoms with van der Waals surface area (Å²) >= 11 is 12.7. The first-order chi connectivity index (χ1) is 31.1. The number of alkyl halides is 6. The second-order valence-electron chi connectivity index (χ2n) is 17.2. The van der Waals surface area contributed by atoms with Gasteiger partial charge in [0.25, 0.3) is 5.91 Å². The normalized spacial score (nSPS) is 20.2. The average Bonchev–Trinajstić information content (AvgIpc) is 3.59. The van der Waals surface area contributed by atoms with Crippen LogP contribution in [0.1, 0.15) is 63.9 Å². The number of benzene rings is 4. The van der Waals surface area contributed by atoms with E-state index in [9.17, 15) is 44.3 Å². The molecule has 7 rings (SSSR count). The zero-order valence-electron chi connectivity index (χ0n) is 36.3. The number of likely N-dealkylation sites (N-methyl/N-ethyl adjacent to an activating group) is 1. The Morgan fingerprint density at radius 3 is 2.14 bits per heavy atom. The Morgan fingerprint density at radius 1 is 0.833 bits per heavy atom. The maximum Gasteiger partial charge on any atom is 0.416 e. The van der Waals surface area contributed by atoms with Gasteiger partial charge in [-0.1, -0.05) is 71.7 Å². The number of amides is 2. The number of carbonyl (C=O) groups excluding carboxylic acids is 2. The van der Waals surface area contributed by atoms with E-state index in [4.69, 9.17) is 32.7 Å². The lowest BCUT2D eigenvalue weighted by Crippen LogP contribution is -2.54. The topological polar surface area (TPSA) is 99.7 Å². The van der Waals surface area contributed by atoms with Crippen molar-refractivity contribution in [3.8, 4) is 0 Å². The van der Waals surface area contributed by atoms with Gasteiger partial charge in [0.1, 0.15) is 12.2 Å². The molecule has 0 saturated carbocycles. The van der Waals surface area contributed by atoms with Gasteiger partial charge >= 0.3 is 12.4 Å². The van der Waals surface area contributed by atoms with E-state index in [-0.39, 0.29) is 72.3 Å². The van der Waals surface area contributed by atoms with Crippen LogP contribution in [-0.2, 0) is 54.1 Å². The largest absolute Gasteiger partial charge is 0.416 e. The Kier molecular flexibility index (Phi) is 14.9. The third-order valence-corrected chi connectivity index (χ3v) is 15.8. The predicted molar refractivity (Wildman–Crippen MR) is 237 cm³/mol. The highest BCUT2D eigenvalue weighted by Crippen LogP contribution is 2.48. The van der Waals surface area contributed by atoms with Gasteiger partial charge in [-0.15, -0.1) is 0 Å². The van der Waals surface area contributed by atoms with Gasteiger partial charge in [0.05, 0.1) is 45.3 Å². The van der Waals surface area contributed by atoms with Crippen LogP contribution in [0.2, 0.25) is 10.0 Å². The van der Waals surface area contributed by atoms with Gasteiger partial charge < -0.3 is 24.2 Å². The van der Waals surface area contributed by atoms with Crippen molar-refractivity contribution in [2.24, 2.45) is 0 Å². The first-order valence-corrected chi connectivity index (χ1v) is 23.7. The highest BCUT2D eigenvalue weighted by Gasteiger charge is 2.50. The molecule has 2 amide bonds. The maximum atomic E-state index is 13.9. The Hall–Kier alpha value is -4.23. The number of fused-ring (bicyclic) bond motifs is 2. The zero-order valence-corrected chi connectivity index (χ0v) is 38.6. The molecule has 4 aromatic rings. The van der Waals surface area contributed by atoms with E-state index < -0.39 is 56.0 Å². The Morgan fingerprint density at radius 2 is 1.48 bits per heavy atom. The number of morpholine rings is 1. The molecule has 356 valence electrons. The molecule has 3 aliphatic rings. The van der Waals surface area contributed by atoms with Gasteiger partial charge in [0.15, 0.2) is 0 Å². The van der Waals surface area contributed by atoms with Gasteiger partial charge in [0.2, 0.25) is 15.9 Å². The summed E-state index contributed by atoms with van der Waals surface area (Å²) in [5.74, 6) is -1.23. The molecule has 2 heterocycles. The fourth-order valence-electron chi connectivity index (χ4n) is 9.37. The molecule has 2 aliphatic heterocycles. The lowest BCUT2D eigenvalue weighted by Gasteiger charge is -2.46. The minimum atomic E-state index is -5.13. The lowest BCUT2D eigenvalue weighted by molar-refractivity contribution is -0.143. The number of halogens is 8. The van der Waals surface area contributed by atoms with E-state index in [1.54, 1.807) is 48.3 Å². The van der Waals surface area contributed by atoms with Crippen molar-refractivity contribution in [2.75, 3.05) is 73.1 Å². The van der Waals surface area contributed by atoms with Crippen molar-refractivity contribution in [3.63, 3.8) is 0 Å². The molecule has 0 aromatic heterocycles. The van der Waals surface area contributed by atoms with E-state index in [1.807, 2.05) is 12.1 Å². The minimum absolute atomic E-state index is 0.00949. The fourth-order valence-corrected chi connectivity index (χ4v) is 10.9. The molecule has 2 atom stereocenters. The Bertz CT molecular complexity index is 2480. The number of hydrogen-bond acceptors (Lipinski definition) is 7. The highest BCUT2D eigenvalue weighted by molar-refractivity contribution is 7.89. The van der Waals surface area contributed by atoms with Crippen molar-refractivity contribution in [1.82, 2.24) is 19.0 Å². The fraction of sp³-hybridized carbons (Fsp3) is 0.447. The van der Waals surface area contributed by atoms with Crippen molar-refractivity contribution in [2.45, 2.75) is 66.5 Å². The predicted octanol–water partition coefficient (Wildman–Crippen LogP) is 8.93. The van der Waals surface area contributed by atoms with Crippen molar-refractivity contribution < 1.29 is 53.8 Å². The van der Waals surface area contributed by atoms with Crippen LogP contribution in [0.3, 0.4) is 0 Å². The van der Waals surface area contributed by atoms with Crippen LogP contribution in [0.4, 0.5) is 26.3 Å². The number of likely N-dealkylation sites (tertiary alicyclic amines) is 1. The smallest absolute Gasteiger partial charge is 0.367 e. The zero-order chi connectivity index (χ0) is 47.7. The van der Waals surface area contributed by atoms with Crippen LogP contribution in [0.25, 0.3) is 0 Å². The SMILES string of the molecule is CN(CCCN(C)S(=O)(=O)c1ccccc1)C(=O)CO[C@H]1Cc2ccccc2C12CCN(CC[C@@]1(c3ccc(Cl)c(Cl)c3)CN(C(=O)c3cc(C(F)(F)F)cc(C(F)(F)F)c3)CCO1)CC2. The summed E-state index contributed by atoms with van der Waals surface area (Å²) in [6, 6.07) is 22.0. The summed E-state index contributed by atoms with van der Waals surface area (Å²) in [4.78, 5) is 32.5. The van der Waals surface area contributed by atoms with Crippen LogP contribution < -0.4 is 0 Å². The summed E-state index contributed by atoms with van der Waals surface area (Å²) in [7, 11) is -0.486. The standard InChI is InChI=1S/C47H50Cl2F6N4O6S/c1-56(18-8-19-57(2)66(62,63)37-10-4-3-5-11-37)42(60)30-64-41-27-32-9-6-7-12-38(32)44(41)15-20-58(21-16-44)22-17-45(34-13-14-39(48)40(49)29-34)31-59(23-24-65-45)43(61)33-25-35(46(50,51)52)28-36(26-33)47(53,54)55/h3-7,9-14,25-26,28-29,41H,8,15-24,27,30-31H2,1-2H3/t41-,45-/m0/s1. The maximum absolute atomic E-state index is 13.9. The average molecular weight is 984 g/mol. The Balaban J connectivity index is 1.02. The van der Waals surface area contributed by atoms with Crippen LogP contribution in [0.15, 0.2) is 95.9 Å². The van der Waals surface area contributed by atoms with E-state index in [0.717, 1.165) is 5.56 Å². The van der Waals surface area contributed by atoms with Crippen molar-refractivity contribution in [3.05, 3.63) is 134 Å². The highest BCUT2D eigenvalue weighted by atomic mass is 35.5. The van der Waals surface area contributed by atoms with Crippen LogP contribution in [0, 0.1) is 0 Å². The molecule has 2 saturated heterocycles. The van der Waals surface area contributed by atoms with Gasteiger partial charge in [-0.25, -0.2) is 12.7 Å². The molecule has 4 aromatic carbocycles. The molecule has 10 nitrogen and oxygen atoms in total. The van der Waals surface area contributed by atoms with E-state index in [1.165, 1.54) is 33.9 Å². The second-order valence-corrected chi connectivity index (χ2v) is 20.1. The summed E-state index contributed by atoms with van der Waals surface area (Å²) < 4.78 is 123. The van der Waals surface area contributed by atoms with E-state index in [0.29, 0.717) is 69.6 Å². The summed E-state index contributed by atoms with van der Waals surface area (Å²) in [6.07, 6.45) is -7.87. The summed E-state index contributed by atoms with van der Waals surface area (Å²) in [5.41, 5.74) is -2.72. The Labute approximate surface area is 390 Å². The molecule has 0 radical (unpaired) electrons. The van der Waals surface area contributed by atoms with E-state index >= 15 is 0 Å². The summed E-state index contributed by atoms with van der Waals surface area (Å²) in [5, 5.41) is 0.456. The number of hydrogen-bond donors (Lipinski definition) is 0. The van der Waals surface area contributed by atoms with Crippen molar-refractivity contribution in [1.29, 1.82) is 0 Å². The van der Waals surface area contributed by atoms with Crippen LogP contribution in [-0.4, -0.2) is 118 Å². The van der Waals surface area contributed by atoms with E-state index in [2.05, 4.69) is 17.0 Å². The third-order valence-electron chi connectivity index (χ3n) is 13.2. The second kappa shape index (κ2) is 19.8. The summed E-state index contributed by atoms with van der Waals surface area (Å²) in [6.45, 7) is 1.74. The minimum Gasteiger partial charge on any atom is -0.367 e. The number of sulfonamides is 1. The number of rotatable bonds is 14. The van der Waals surface area contributed by atoms with Gasteiger partial charge in [0, 0.05) is 51.3 Å². The van der Waals surface area contributed by atoms with Gasteiger partial charge in [-0.2, -0.15) is 26.3 Å². The number of nitrogens with zero attached hydrogens (tertiary/aromatic N) is 4.